The first-order valence-electron chi connectivity index (χ1n) is 16.0. The van der Waals surface area contributed by atoms with Gasteiger partial charge < -0.3 is 29.4 Å². The zero-order valence-corrected chi connectivity index (χ0v) is 26.4. The van der Waals surface area contributed by atoms with E-state index in [4.69, 9.17) is 29.0 Å². The largest absolute Gasteiger partial charge is 0.497 e. The second-order valence-electron chi connectivity index (χ2n) is 11.9. The fourth-order valence-electron chi connectivity index (χ4n) is 6.55. The average molecular weight is 657 g/mol. The van der Waals surface area contributed by atoms with Crippen LogP contribution in [-0.4, -0.2) is 83.3 Å². The van der Waals surface area contributed by atoms with Gasteiger partial charge in [-0.25, -0.2) is 9.78 Å². The lowest BCUT2D eigenvalue weighted by molar-refractivity contribution is -0.121. The van der Waals surface area contributed by atoms with Crippen LogP contribution in [0.15, 0.2) is 65.5 Å². The summed E-state index contributed by atoms with van der Waals surface area (Å²) in [5, 5.41) is 13.4. The Morgan fingerprint density at radius 3 is 2.65 bits per heavy atom. The zero-order valence-electron chi connectivity index (χ0n) is 26.4. The van der Waals surface area contributed by atoms with Gasteiger partial charge in [-0.2, -0.15) is 4.98 Å². The van der Waals surface area contributed by atoms with Crippen molar-refractivity contribution in [1.29, 1.82) is 0 Å². The van der Waals surface area contributed by atoms with Gasteiger partial charge in [0, 0.05) is 43.1 Å². The molecule has 2 aliphatic heterocycles. The van der Waals surface area contributed by atoms with Gasteiger partial charge in [0.05, 0.1) is 26.3 Å². The number of carbonyl (C=O) groups is 2. The van der Waals surface area contributed by atoms with Crippen LogP contribution in [0.1, 0.15) is 24.8 Å². The highest BCUT2D eigenvalue weighted by atomic mass is 16.6. The number of nitrogens with one attached hydrogen (secondary N) is 1. The fourth-order valence-corrected chi connectivity index (χ4v) is 6.55. The predicted octanol–water partition coefficient (Wildman–Crippen LogP) is 2.63. The molecule has 0 radical (unpaired) electrons. The summed E-state index contributed by atoms with van der Waals surface area (Å²) in [7, 11) is 1.60. The second kappa shape index (κ2) is 13.5. The van der Waals surface area contributed by atoms with Crippen molar-refractivity contribution in [2.75, 3.05) is 43.3 Å². The third kappa shape index (κ3) is 6.23. The van der Waals surface area contributed by atoms with Crippen molar-refractivity contribution in [2.45, 2.75) is 50.5 Å². The van der Waals surface area contributed by atoms with E-state index < -0.39 is 6.09 Å². The highest BCUT2D eigenvalue weighted by Gasteiger charge is 2.47. The summed E-state index contributed by atoms with van der Waals surface area (Å²) in [6.07, 6.45) is 1.24. The van der Waals surface area contributed by atoms with Crippen LogP contribution in [0.2, 0.25) is 0 Å². The van der Waals surface area contributed by atoms with Gasteiger partial charge in [0.1, 0.15) is 29.9 Å². The lowest BCUT2D eigenvalue weighted by Crippen LogP contribution is -2.47. The zero-order chi connectivity index (χ0) is 33.2. The van der Waals surface area contributed by atoms with Crippen LogP contribution >= 0.6 is 0 Å². The van der Waals surface area contributed by atoms with E-state index in [-0.39, 0.29) is 49.5 Å². The molecule has 48 heavy (non-hydrogen) atoms. The molecule has 3 atom stereocenters. The minimum absolute atomic E-state index is 0.0728. The third-order valence-electron chi connectivity index (χ3n) is 8.93. The Bertz CT molecular complexity index is 1880. The minimum Gasteiger partial charge on any atom is -0.497 e. The Morgan fingerprint density at radius 2 is 1.83 bits per heavy atom. The molecule has 1 aromatic carbocycles. The number of anilines is 2. The van der Waals surface area contributed by atoms with Crippen molar-refractivity contribution >= 4 is 34.7 Å². The van der Waals surface area contributed by atoms with E-state index in [2.05, 4.69) is 10.3 Å². The number of amides is 2. The first kappa shape index (κ1) is 31.4. The number of carbonyl (C=O) groups excluding carboxylic acids is 2. The molecule has 2 N–H and O–H groups in total. The molecule has 14 nitrogen and oxygen atoms in total. The van der Waals surface area contributed by atoms with Crippen molar-refractivity contribution in [3.8, 4) is 17.4 Å². The van der Waals surface area contributed by atoms with E-state index >= 15 is 0 Å². The molecule has 0 bridgehead atoms. The highest BCUT2D eigenvalue weighted by molar-refractivity contribution is 5.97. The van der Waals surface area contributed by atoms with E-state index in [0.29, 0.717) is 61.4 Å². The minimum atomic E-state index is -0.476. The van der Waals surface area contributed by atoms with Crippen LogP contribution in [-0.2, 0) is 22.6 Å². The summed E-state index contributed by atoms with van der Waals surface area (Å²) >= 11 is 0. The number of hydrogen-bond donors (Lipinski definition) is 2. The fraction of sp³-hybridized carbons (Fsp3) is 0.382. The van der Waals surface area contributed by atoms with Crippen molar-refractivity contribution in [3.05, 3.63) is 76.6 Å². The van der Waals surface area contributed by atoms with Crippen molar-refractivity contribution in [2.24, 2.45) is 0 Å². The van der Waals surface area contributed by atoms with Gasteiger partial charge in [0.25, 0.3) is 11.5 Å². The number of fused-ring (bicyclic) bond motifs is 3. The molecule has 0 spiro atoms. The number of aliphatic hydroxyl groups is 1. The molecule has 0 unspecified atom stereocenters. The van der Waals surface area contributed by atoms with E-state index in [1.54, 1.807) is 45.7 Å². The maximum Gasteiger partial charge on any atom is 0.416 e. The Morgan fingerprint density at radius 1 is 1.00 bits per heavy atom. The number of rotatable bonds is 11. The molecule has 5 heterocycles. The molecule has 1 saturated heterocycles. The molecule has 2 amide bonds. The standard InChI is InChI=1S/C34H36N6O8/c1-45-24-7-2-21(3-8-24)19-39-31(43)20-47-26-10-11-28(36-33(26)39)40-25-9-6-23(18-27(25)48-34(40)44)35-14-15-38-30(42)13-5-22-4-12-29(37-32(22)38)46-17-16-41/h2-5,7-8,10-13,23,25,27,35,41H,6,9,14-20H2,1H3/t23-,25-,27+/m0/s1. The van der Waals surface area contributed by atoms with Crippen LogP contribution in [0.25, 0.3) is 11.0 Å². The molecule has 1 aliphatic carbocycles. The Labute approximate surface area is 275 Å². The van der Waals surface area contributed by atoms with Gasteiger partial charge in [0.2, 0.25) is 5.88 Å². The SMILES string of the molecule is COc1ccc(CN2C(=O)COc3ccc(N4C(=O)O[C@@H]5C[C@@H](NCCn6c(=O)ccc7ccc(OCCO)nc76)CC[C@@H]54)nc32)cc1. The summed E-state index contributed by atoms with van der Waals surface area (Å²) in [4.78, 5) is 51.3. The number of hydrogen-bond acceptors (Lipinski definition) is 11. The summed E-state index contributed by atoms with van der Waals surface area (Å²) in [6, 6.07) is 17.6. The normalized spacial score (nSPS) is 20.2. The summed E-state index contributed by atoms with van der Waals surface area (Å²) in [5.41, 5.74) is 1.23. The third-order valence-corrected chi connectivity index (χ3v) is 8.93. The molecule has 7 rings (SSSR count). The molecule has 3 aliphatic rings. The maximum absolute atomic E-state index is 13.2. The molecule has 3 aromatic heterocycles. The van der Waals surface area contributed by atoms with Crippen LogP contribution in [0.4, 0.5) is 16.4 Å². The molecule has 4 aromatic rings. The van der Waals surface area contributed by atoms with Crippen molar-refractivity contribution in [3.63, 3.8) is 0 Å². The first-order valence-corrected chi connectivity index (χ1v) is 16.0. The first-order chi connectivity index (χ1) is 23.4. The quantitative estimate of drug-likeness (QED) is 0.245. The number of nitrogens with zero attached hydrogens (tertiary/aromatic N) is 5. The Kier molecular flexibility index (Phi) is 8.82. The van der Waals surface area contributed by atoms with Gasteiger partial charge in [0.15, 0.2) is 18.2 Å². The summed E-state index contributed by atoms with van der Waals surface area (Å²) in [5.74, 6) is 2.06. The molecule has 250 valence electrons. The van der Waals surface area contributed by atoms with Gasteiger partial charge in [-0.05, 0) is 54.8 Å². The Hall–Kier alpha value is -5.21. The number of aromatic nitrogens is 3. The molecule has 1 saturated carbocycles. The van der Waals surface area contributed by atoms with E-state index in [1.165, 1.54) is 6.07 Å². The van der Waals surface area contributed by atoms with Gasteiger partial charge in [-0.3, -0.25) is 24.0 Å². The summed E-state index contributed by atoms with van der Waals surface area (Å²) in [6.45, 7) is 1.07. The number of ether oxygens (including phenoxy) is 4. The molecular formula is C34H36N6O8. The molecule has 14 heteroatoms. The lowest BCUT2D eigenvalue weighted by atomic mass is 9.88. The van der Waals surface area contributed by atoms with Gasteiger partial charge >= 0.3 is 6.09 Å². The highest BCUT2D eigenvalue weighted by Crippen LogP contribution is 2.39. The maximum atomic E-state index is 13.2. The molecular weight excluding hydrogens is 620 g/mol. The van der Waals surface area contributed by atoms with Gasteiger partial charge in [-0.15, -0.1) is 0 Å². The topological polar surface area (TPSA) is 158 Å². The van der Waals surface area contributed by atoms with Crippen LogP contribution < -0.4 is 34.9 Å². The Balaban J connectivity index is 1.01. The number of pyridine rings is 3. The van der Waals surface area contributed by atoms with Crippen molar-refractivity contribution < 1.29 is 33.6 Å². The predicted molar refractivity (Wildman–Crippen MR) is 175 cm³/mol. The van der Waals surface area contributed by atoms with Crippen LogP contribution in [0.3, 0.4) is 0 Å². The second-order valence-corrected chi connectivity index (χ2v) is 11.9. The number of methoxy groups -OCH3 is 1. The smallest absolute Gasteiger partial charge is 0.416 e. The number of benzene rings is 1. The van der Waals surface area contributed by atoms with Crippen LogP contribution in [0, 0.1) is 0 Å². The number of aliphatic hydroxyl groups excluding tert-OH is 1. The van der Waals surface area contributed by atoms with Crippen LogP contribution in [0.5, 0.6) is 17.4 Å². The monoisotopic (exact) mass is 656 g/mol. The summed E-state index contributed by atoms with van der Waals surface area (Å²) < 4.78 is 23.8. The van der Waals surface area contributed by atoms with E-state index in [1.807, 2.05) is 30.3 Å². The molecule has 2 fully saturated rings. The lowest BCUT2D eigenvalue weighted by Gasteiger charge is -2.34. The van der Waals surface area contributed by atoms with E-state index in [0.717, 1.165) is 23.1 Å². The van der Waals surface area contributed by atoms with E-state index in [9.17, 15) is 14.4 Å². The van der Waals surface area contributed by atoms with Gasteiger partial charge in [-0.1, -0.05) is 12.1 Å². The van der Waals surface area contributed by atoms with Crippen molar-refractivity contribution in [1.82, 2.24) is 19.9 Å². The average Bonchev–Trinajstić information content (AvgIpc) is 3.44.